The number of likely N-dealkylation sites (N-methyl/N-ethyl adjacent to an activating group) is 1. The van der Waals surface area contributed by atoms with Gasteiger partial charge < -0.3 is 10.1 Å². The van der Waals surface area contributed by atoms with Gasteiger partial charge in [0, 0.05) is 25.2 Å². The predicted molar refractivity (Wildman–Crippen MR) is 80.0 cm³/mol. The second-order valence-corrected chi connectivity index (χ2v) is 4.76. The van der Waals surface area contributed by atoms with Crippen LogP contribution in [0.25, 0.3) is 0 Å². The molecule has 1 aromatic rings. The molecule has 0 radical (unpaired) electrons. The van der Waals surface area contributed by atoms with Crippen LogP contribution in [-0.2, 0) is 6.54 Å². The van der Waals surface area contributed by atoms with Crippen LogP contribution in [0.15, 0.2) is 18.2 Å². The molecule has 1 saturated heterocycles. The van der Waals surface area contributed by atoms with Crippen LogP contribution in [0.3, 0.4) is 0 Å². The number of hydrogen-bond acceptors (Lipinski definition) is 4. The summed E-state index contributed by atoms with van der Waals surface area (Å²) in [7, 11) is 2.04. The summed E-state index contributed by atoms with van der Waals surface area (Å²) in [5, 5.41) is 3.36. The van der Waals surface area contributed by atoms with E-state index in [1.54, 1.807) is 0 Å². The van der Waals surface area contributed by atoms with Crippen LogP contribution in [0.4, 0.5) is 0 Å². The largest absolute Gasteiger partial charge is 0.478 e. The highest BCUT2D eigenvalue weighted by Gasteiger charge is 2.18. The Morgan fingerprint density at radius 2 is 2.32 bits per heavy atom. The summed E-state index contributed by atoms with van der Waals surface area (Å²) in [6.45, 7) is 5.84. The Balaban J connectivity index is 0.00000180. The molecule has 2 heterocycles. The fraction of sp³-hybridized carbons (Fsp3) is 0.643. The summed E-state index contributed by atoms with van der Waals surface area (Å²) in [6.07, 6.45) is 2.54. The van der Waals surface area contributed by atoms with Crippen LogP contribution in [0.5, 0.6) is 5.88 Å². The average molecular weight is 286 g/mol. The maximum Gasteiger partial charge on any atom is 0.213 e. The molecule has 1 aliphatic heterocycles. The van der Waals surface area contributed by atoms with E-state index < -0.39 is 0 Å². The highest BCUT2D eigenvalue weighted by atomic mass is 35.5. The fourth-order valence-electron chi connectivity index (χ4n) is 2.44. The van der Waals surface area contributed by atoms with Gasteiger partial charge in [-0.15, -0.1) is 12.4 Å². The smallest absolute Gasteiger partial charge is 0.213 e. The third-order valence-corrected chi connectivity index (χ3v) is 3.37. The average Bonchev–Trinajstić information content (AvgIpc) is 2.40. The summed E-state index contributed by atoms with van der Waals surface area (Å²) < 4.78 is 5.44. The molecule has 5 heteroatoms. The number of ether oxygens (including phenoxy) is 1. The first kappa shape index (κ1) is 16.2. The first-order chi connectivity index (χ1) is 8.81. The van der Waals surface area contributed by atoms with Crippen LogP contribution in [-0.4, -0.2) is 42.7 Å². The van der Waals surface area contributed by atoms with E-state index in [0.29, 0.717) is 12.6 Å². The van der Waals surface area contributed by atoms with E-state index >= 15 is 0 Å². The maximum absolute atomic E-state index is 5.44. The third-order valence-electron chi connectivity index (χ3n) is 3.37. The molecule has 0 aromatic carbocycles. The number of nitrogens with zero attached hydrogens (tertiary/aromatic N) is 2. The second kappa shape index (κ2) is 8.35. The molecule has 0 spiro atoms. The minimum atomic E-state index is 0. The van der Waals surface area contributed by atoms with Gasteiger partial charge in [0.2, 0.25) is 5.88 Å². The van der Waals surface area contributed by atoms with Crippen molar-refractivity contribution in [2.24, 2.45) is 0 Å². The standard InChI is InChI=1S/C14H23N3O.ClH/c1-3-18-14-8-4-6-13(16-14)11-17-9-5-7-12(10-17)15-2;/h4,6,8,12,15H,3,5,7,9-11H2,1-2H3;1H. The summed E-state index contributed by atoms with van der Waals surface area (Å²) >= 11 is 0. The molecule has 0 amide bonds. The molecule has 1 unspecified atom stereocenters. The number of aromatic nitrogens is 1. The molecule has 108 valence electrons. The van der Waals surface area contributed by atoms with Crippen molar-refractivity contribution in [1.29, 1.82) is 0 Å². The van der Waals surface area contributed by atoms with Crippen molar-refractivity contribution in [3.05, 3.63) is 23.9 Å². The lowest BCUT2D eigenvalue weighted by Crippen LogP contribution is -2.43. The van der Waals surface area contributed by atoms with Crippen LogP contribution >= 0.6 is 12.4 Å². The molecule has 0 aliphatic carbocycles. The van der Waals surface area contributed by atoms with Crippen molar-refractivity contribution in [1.82, 2.24) is 15.2 Å². The minimum absolute atomic E-state index is 0. The van der Waals surface area contributed by atoms with E-state index in [1.807, 2.05) is 26.1 Å². The number of rotatable bonds is 5. The molecule has 0 saturated carbocycles. The highest BCUT2D eigenvalue weighted by Crippen LogP contribution is 2.14. The zero-order valence-corrected chi connectivity index (χ0v) is 12.6. The Hall–Kier alpha value is -0.840. The summed E-state index contributed by atoms with van der Waals surface area (Å²) in [5.74, 6) is 0.733. The second-order valence-electron chi connectivity index (χ2n) is 4.76. The van der Waals surface area contributed by atoms with Gasteiger partial charge in [-0.3, -0.25) is 4.90 Å². The lowest BCUT2D eigenvalue weighted by Gasteiger charge is -2.32. The Labute approximate surface area is 122 Å². The van der Waals surface area contributed by atoms with Gasteiger partial charge in [0.15, 0.2) is 0 Å². The molecule has 1 atom stereocenters. The lowest BCUT2D eigenvalue weighted by atomic mass is 10.1. The molecule has 1 fully saturated rings. The van der Waals surface area contributed by atoms with E-state index in [9.17, 15) is 0 Å². The van der Waals surface area contributed by atoms with Gasteiger partial charge in [-0.05, 0) is 39.4 Å². The van der Waals surface area contributed by atoms with E-state index in [0.717, 1.165) is 24.7 Å². The Morgan fingerprint density at radius 1 is 1.47 bits per heavy atom. The van der Waals surface area contributed by atoms with Gasteiger partial charge in [0.1, 0.15) is 0 Å². The van der Waals surface area contributed by atoms with E-state index in [2.05, 4.69) is 21.3 Å². The van der Waals surface area contributed by atoms with Crippen molar-refractivity contribution in [3.8, 4) is 5.88 Å². The summed E-state index contributed by atoms with van der Waals surface area (Å²) in [6, 6.07) is 6.63. The Morgan fingerprint density at radius 3 is 3.05 bits per heavy atom. The zero-order chi connectivity index (χ0) is 12.8. The highest BCUT2D eigenvalue weighted by molar-refractivity contribution is 5.85. The summed E-state index contributed by atoms with van der Waals surface area (Å²) in [4.78, 5) is 6.98. The molecular formula is C14H24ClN3O. The van der Waals surface area contributed by atoms with Crippen molar-refractivity contribution in [3.63, 3.8) is 0 Å². The number of hydrogen-bond donors (Lipinski definition) is 1. The van der Waals surface area contributed by atoms with Gasteiger partial charge in [0.05, 0.1) is 12.3 Å². The van der Waals surface area contributed by atoms with Crippen molar-refractivity contribution >= 4 is 12.4 Å². The molecular weight excluding hydrogens is 262 g/mol. The quantitative estimate of drug-likeness (QED) is 0.899. The van der Waals surface area contributed by atoms with Crippen LogP contribution in [0.1, 0.15) is 25.5 Å². The minimum Gasteiger partial charge on any atom is -0.478 e. The van der Waals surface area contributed by atoms with E-state index in [4.69, 9.17) is 4.74 Å². The lowest BCUT2D eigenvalue weighted by molar-refractivity contribution is 0.185. The molecule has 2 rings (SSSR count). The number of halogens is 1. The van der Waals surface area contributed by atoms with E-state index in [1.165, 1.54) is 19.4 Å². The maximum atomic E-state index is 5.44. The van der Waals surface area contributed by atoms with Gasteiger partial charge in [-0.2, -0.15) is 0 Å². The number of likely N-dealkylation sites (tertiary alicyclic amines) is 1. The zero-order valence-electron chi connectivity index (χ0n) is 11.8. The molecule has 0 bridgehead atoms. The Bertz CT molecular complexity index is 375. The fourth-order valence-corrected chi connectivity index (χ4v) is 2.44. The summed E-state index contributed by atoms with van der Waals surface area (Å²) in [5.41, 5.74) is 1.10. The first-order valence-corrected chi connectivity index (χ1v) is 6.80. The predicted octanol–water partition coefficient (Wildman–Crippen LogP) is 2.09. The molecule has 19 heavy (non-hydrogen) atoms. The number of nitrogens with one attached hydrogen (secondary N) is 1. The van der Waals surface area contributed by atoms with Gasteiger partial charge in [-0.25, -0.2) is 4.98 Å². The van der Waals surface area contributed by atoms with E-state index in [-0.39, 0.29) is 12.4 Å². The number of pyridine rings is 1. The normalized spacial score (nSPS) is 19.8. The van der Waals surface area contributed by atoms with Crippen molar-refractivity contribution in [2.45, 2.75) is 32.4 Å². The van der Waals surface area contributed by atoms with Gasteiger partial charge in [-0.1, -0.05) is 6.07 Å². The monoisotopic (exact) mass is 285 g/mol. The van der Waals surface area contributed by atoms with Crippen molar-refractivity contribution in [2.75, 3.05) is 26.7 Å². The van der Waals surface area contributed by atoms with Crippen LogP contribution in [0, 0.1) is 0 Å². The third kappa shape index (κ3) is 4.97. The van der Waals surface area contributed by atoms with Gasteiger partial charge in [0.25, 0.3) is 0 Å². The molecule has 1 N–H and O–H groups in total. The SMILES string of the molecule is CCOc1cccc(CN2CCCC(NC)C2)n1.Cl. The molecule has 4 nitrogen and oxygen atoms in total. The van der Waals surface area contributed by atoms with Crippen LogP contribution < -0.4 is 10.1 Å². The number of piperidine rings is 1. The molecule has 1 aliphatic rings. The van der Waals surface area contributed by atoms with Crippen molar-refractivity contribution < 1.29 is 4.74 Å². The topological polar surface area (TPSA) is 37.4 Å². The first-order valence-electron chi connectivity index (χ1n) is 6.80. The molecule has 1 aromatic heterocycles. The Kier molecular flexibility index (Phi) is 7.13. The van der Waals surface area contributed by atoms with Crippen LogP contribution in [0.2, 0.25) is 0 Å². The van der Waals surface area contributed by atoms with Gasteiger partial charge >= 0.3 is 0 Å².